The first-order valence-corrected chi connectivity index (χ1v) is 7.88. The molecule has 1 amide bonds. The van der Waals surface area contributed by atoms with Crippen molar-refractivity contribution in [3.8, 4) is 0 Å². The number of amides is 1. The fourth-order valence-corrected chi connectivity index (χ4v) is 2.82. The van der Waals surface area contributed by atoms with Crippen LogP contribution in [0.15, 0.2) is 45.1 Å². The molecule has 2 aromatic rings. The van der Waals surface area contributed by atoms with Crippen molar-refractivity contribution in [2.45, 2.75) is 31.6 Å². The molecule has 0 aliphatic carbocycles. The molecule has 0 radical (unpaired) electrons. The molecule has 1 aromatic heterocycles. The molecule has 2 rings (SSSR count). The van der Waals surface area contributed by atoms with Crippen molar-refractivity contribution in [1.29, 1.82) is 0 Å². The molecule has 0 unspecified atom stereocenters. The van der Waals surface area contributed by atoms with Crippen molar-refractivity contribution < 1.29 is 9.18 Å². The monoisotopic (exact) mass is 335 g/mol. The molecule has 1 heterocycles. The molecule has 0 bridgehead atoms. The lowest BCUT2D eigenvalue weighted by Gasteiger charge is -2.09. The van der Waals surface area contributed by atoms with Gasteiger partial charge in [-0.15, -0.1) is 0 Å². The van der Waals surface area contributed by atoms with Gasteiger partial charge in [0.15, 0.2) is 11.3 Å². The van der Waals surface area contributed by atoms with Crippen LogP contribution < -0.4 is 11.2 Å². The highest BCUT2D eigenvalue weighted by Crippen LogP contribution is 2.21. The van der Waals surface area contributed by atoms with Gasteiger partial charge in [-0.1, -0.05) is 26.0 Å². The molecule has 0 saturated heterocycles. The van der Waals surface area contributed by atoms with Crippen LogP contribution in [0, 0.1) is 5.82 Å². The van der Waals surface area contributed by atoms with E-state index in [1.54, 1.807) is 0 Å². The predicted molar refractivity (Wildman–Crippen MR) is 87.7 cm³/mol. The van der Waals surface area contributed by atoms with E-state index in [0.717, 1.165) is 27.6 Å². The van der Waals surface area contributed by atoms with E-state index in [9.17, 15) is 14.0 Å². The molecular formula is C16H18FN3O2S. The maximum Gasteiger partial charge on any atom is 0.340 e. The largest absolute Gasteiger partial charge is 0.340 e. The fourth-order valence-electron chi connectivity index (χ4n) is 1.98. The summed E-state index contributed by atoms with van der Waals surface area (Å²) < 4.78 is 16.3. The molecule has 0 atom stereocenters. The number of benzene rings is 1. The Morgan fingerprint density at radius 1 is 1.26 bits per heavy atom. The van der Waals surface area contributed by atoms with Gasteiger partial charge in [0.1, 0.15) is 0 Å². The third-order valence-corrected chi connectivity index (χ3v) is 4.19. The van der Waals surface area contributed by atoms with E-state index >= 15 is 0 Å². The molecule has 0 N–H and O–H groups in total. The lowest BCUT2D eigenvalue weighted by molar-refractivity contribution is -0.116. The fraction of sp³-hybridized carbons (Fsp3) is 0.312. The predicted octanol–water partition coefficient (Wildman–Crippen LogP) is 2.45. The van der Waals surface area contributed by atoms with Gasteiger partial charge in [-0.05, 0) is 35.6 Å². The second-order valence-corrected chi connectivity index (χ2v) is 6.46. The molecule has 5 nitrogen and oxygen atoms in total. The van der Waals surface area contributed by atoms with Crippen molar-refractivity contribution in [3.63, 3.8) is 0 Å². The standard InChI is InChI=1S/C16H18FN3O2S/c1-10(2)12-5-7-13(8-6-12)23-20-9-14(17)15(18-11(3)21)19(4)16(20)22/h5-10H,1-4H3/b18-15+. The highest BCUT2D eigenvalue weighted by atomic mass is 32.2. The Kier molecular flexibility index (Phi) is 5.20. The zero-order valence-corrected chi connectivity index (χ0v) is 14.2. The number of aromatic nitrogens is 2. The Morgan fingerprint density at radius 2 is 1.87 bits per heavy atom. The van der Waals surface area contributed by atoms with Gasteiger partial charge < -0.3 is 0 Å². The van der Waals surface area contributed by atoms with Crippen LogP contribution >= 0.6 is 11.9 Å². The highest BCUT2D eigenvalue weighted by Gasteiger charge is 2.09. The summed E-state index contributed by atoms with van der Waals surface area (Å²) >= 11 is 1.11. The number of hydrogen-bond donors (Lipinski definition) is 0. The lowest BCUT2D eigenvalue weighted by atomic mass is 10.0. The molecule has 23 heavy (non-hydrogen) atoms. The van der Waals surface area contributed by atoms with E-state index in [1.165, 1.54) is 23.5 Å². The minimum Gasteiger partial charge on any atom is -0.278 e. The van der Waals surface area contributed by atoms with E-state index in [1.807, 2.05) is 24.3 Å². The van der Waals surface area contributed by atoms with Crippen LogP contribution in [0.5, 0.6) is 0 Å². The number of rotatable bonds is 3. The van der Waals surface area contributed by atoms with Crippen LogP contribution in [-0.4, -0.2) is 14.4 Å². The van der Waals surface area contributed by atoms with Crippen LogP contribution in [0.25, 0.3) is 0 Å². The number of hydrogen-bond acceptors (Lipinski definition) is 3. The van der Waals surface area contributed by atoms with Crippen molar-refractivity contribution >= 4 is 17.9 Å². The van der Waals surface area contributed by atoms with Gasteiger partial charge >= 0.3 is 5.69 Å². The zero-order valence-electron chi connectivity index (χ0n) is 13.4. The van der Waals surface area contributed by atoms with Crippen molar-refractivity contribution in [2.24, 2.45) is 12.0 Å². The Bertz CT molecular complexity index is 851. The first-order valence-electron chi connectivity index (χ1n) is 7.11. The van der Waals surface area contributed by atoms with E-state index < -0.39 is 17.4 Å². The van der Waals surface area contributed by atoms with Crippen molar-refractivity contribution in [1.82, 2.24) is 8.54 Å². The number of halogens is 1. The molecule has 0 aliphatic heterocycles. The minimum absolute atomic E-state index is 0.269. The Balaban J connectivity index is 2.42. The van der Waals surface area contributed by atoms with Gasteiger partial charge in [-0.3, -0.25) is 9.36 Å². The van der Waals surface area contributed by atoms with Gasteiger partial charge in [-0.2, -0.15) is 4.99 Å². The highest BCUT2D eigenvalue weighted by molar-refractivity contribution is 7.97. The maximum atomic E-state index is 14.1. The topological polar surface area (TPSA) is 56.4 Å². The first-order chi connectivity index (χ1) is 10.8. The number of carbonyl (C=O) groups is 1. The first kappa shape index (κ1) is 17.2. The summed E-state index contributed by atoms with van der Waals surface area (Å²) in [5.74, 6) is -0.873. The molecule has 0 spiro atoms. The molecular weight excluding hydrogens is 317 g/mol. The maximum absolute atomic E-state index is 14.1. The van der Waals surface area contributed by atoms with Gasteiger partial charge in [0.25, 0.3) is 0 Å². The van der Waals surface area contributed by atoms with E-state index in [-0.39, 0.29) is 5.49 Å². The zero-order chi connectivity index (χ0) is 17.1. The van der Waals surface area contributed by atoms with Crippen molar-refractivity contribution in [2.75, 3.05) is 0 Å². The molecule has 7 heteroatoms. The summed E-state index contributed by atoms with van der Waals surface area (Å²) in [5.41, 5.74) is 0.452. The van der Waals surface area contributed by atoms with Crippen LogP contribution in [-0.2, 0) is 11.8 Å². The van der Waals surface area contributed by atoms with Crippen LogP contribution in [0.4, 0.5) is 4.39 Å². The van der Waals surface area contributed by atoms with E-state index in [0.29, 0.717) is 5.92 Å². The normalized spacial score (nSPS) is 12.0. The van der Waals surface area contributed by atoms with Gasteiger partial charge in [0.05, 0.1) is 6.20 Å². The van der Waals surface area contributed by atoms with Crippen LogP contribution in [0.3, 0.4) is 0 Å². The average molecular weight is 335 g/mol. The third kappa shape index (κ3) is 3.98. The second kappa shape index (κ2) is 6.95. The molecule has 0 fully saturated rings. The smallest absolute Gasteiger partial charge is 0.278 e. The summed E-state index contributed by atoms with van der Waals surface area (Å²) in [6.07, 6.45) is 1.05. The quantitative estimate of drug-likeness (QED) is 0.866. The third-order valence-electron chi connectivity index (χ3n) is 3.25. The van der Waals surface area contributed by atoms with E-state index in [4.69, 9.17) is 0 Å². The van der Waals surface area contributed by atoms with Gasteiger partial charge in [0, 0.05) is 18.9 Å². The van der Waals surface area contributed by atoms with Gasteiger partial charge in [-0.25, -0.2) is 13.2 Å². The number of nitrogens with zero attached hydrogens (tertiary/aromatic N) is 3. The van der Waals surface area contributed by atoms with Crippen LogP contribution in [0.1, 0.15) is 32.3 Å². The number of carbonyl (C=O) groups excluding carboxylic acids is 1. The molecule has 122 valence electrons. The summed E-state index contributed by atoms with van der Waals surface area (Å²) in [6.45, 7) is 5.40. The molecule has 0 saturated carbocycles. The molecule has 0 aliphatic rings. The summed E-state index contributed by atoms with van der Waals surface area (Å²) in [7, 11) is 1.38. The average Bonchev–Trinajstić information content (AvgIpc) is 2.49. The van der Waals surface area contributed by atoms with Crippen molar-refractivity contribution in [3.05, 3.63) is 57.8 Å². The minimum atomic E-state index is -0.728. The SMILES string of the molecule is CC(=O)/N=c1\c(F)cn(Sc2ccc(C(C)C)cc2)c(=O)n1C. The molecule has 1 aromatic carbocycles. The summed E-state index contributed by atoms with van der Waals surface area (Å²) in [4.78, 5) is 27.6. The van der Waals surface area contributed by atoms with Crippen LogP contribution in [0.2, 0.25) is 0 Å². The Labute approximate surface area is 137 Å². The Morgan fingerprint density at radius 3 is 2.39 bits per heavy atom. The Hall–Kier alpha value is -2.15. The summed E-state index contributed by atoms with van der Waals surface area (Å²) in [6, 6.07) is 7.73. The summed E-state index contributed by atoms with van der Waals surface area (Å²) in [5, 5.41) is 0. The lowest BCUT2D eigenvalue weighted by Crippen LogP contribution is -2.38. The second-order valence-electron chi connectivity index (χ2n) is 5.41. The van der Waals surface area contributed by atoms with E-state index in [2.05, 4.69) is 18.8 Å². The van der Waals surface area contributed by atoms with Gasteiger partial charge in [0.2, 0.25) is 5.91 Å².